The van der Waals surface area contributed by atoms with Crippen LogP contribution in [-0.2, 0) is 11.3 Å². The van der Waals surface area contributed by atoms with E-state index in [9.17, 15) is 4.79 Å². The number of carbonyl (C=O) groups excluding carboxylic acids is 1. The van der Waals surface area contributed by atoms with Crippen molar-refractivity contribution in [3.8, 4) is 17.2 Å². The molecule has 0 unspecified atom stereocenters. The molecule has 5 rings (SSSR count). The van der Waals surface area contributed by atoms with Gasteiger partial charge in [-0.3, -0.25) is 14.6 Å². The highest BCUT2D eigenvalue weighted by Gasteiger charge is 2.33. The number of ketones is 1. The minimum absolute atomic E-state index is 0.104. The number of allylic oxidation sites excluding steroid dienone is 1. The molecule has 0 spiro atoms. The lowest BCUT2D eigenvalue weighted by Gasteiger charge is -2.33. The van der Waals surface area contributed by atoms with Gasteiger partial charge >= 0.3 is 0 Å². The van der Waals surface area contributed by atoms with Gasteiger partial charge < -0.3 is 18.9 Å². The van der Waals surface area contributed by atoms with Crippen LogP contribution in [0.1, 0.15) is 34.0 Å². The Labute approximate surface area is 194 Å². The molecule has 0 amide bonds. The predicted octanol–water partition coefficient (Wildman–Crippen LogP) is 3.49. The molecule has 2 aromatic carbocycles. The predicted molar refractivity (Wildman–Crippen MR) is 125 cm³/mol. The van der Waals surface area contributed by atoms with Crippen LogP contribution in [0.5, 0.6) is 17.2 Å². The van der Waals surface area contributed by atoms with Crippen molar-refractivity contribution in [2.75, 3.05) is 52.7 Å². The van der Waals surface area contributed by atoms with Crippen LogP contribution >= 0.6 is 0 Å². The molecular formula is C26H30N2O5. The van der Waals surface area contributed by atoms with E-state index in [1.807, 2.05) is 44.2 Å². The normalized spacial score (nSPS) is 19.7. The van der Waals surface area contributed by atoms with Crippen LogP contribution in [0.25, 0.3) is 6.08 Å². The molecule has 2 aromatic rings. The summed E-state index contributed by atoms with van der Waals surface area (Å²) in [6.07, 6.45) is 1.77. The second kappa shape index (κ2) is 9.55. The van der Waals surface area contributed by atoms with Gasteiger partial charge in [-0.05, 0) is 32.1 Å². The van der Waals surface area contributed by atoms with E-state index in [4.69, 9.17) is 18.9 Å². The van der Waals surface area contributed by atoms with Gasteiger partial charge in [0.15, 0.2) is 5.76 Å². The number of ether oxygens (including phenoxy) is 4. The van der Waals surface area contributed by atoms with Crippen LogP contribution in [0.2, 0.25) is 0 Å². The first-order valence-electron chi connectivity index (χ1n) is 11.6. The average Bonchev–Trinajstić information content (AvgIpc) is 3.15. The fraction of sp³-hybridized carbons (Fsp3) is 0.423. The third-order valence-corrected chi connectivity index (χ3v) is 6.34. The second-order valence-corrected chi connectivity index (χ2v) is 8.56. The van der Waals surface area contributed by atoms with E-state index in [-0.39, 0.29) is 5.78 Å². The third kappa shape index (κ3) is 4.49. The second-order valence-electron chi connectivity index (χ2n) is 8.56. The van der Waals surface area contributed by atoms with Gasteiger partial charge in [0, 0.05) is 49.4 Å². The van der Waals surface area contributed by atoms with Crippen molar-refractivity contribution in [3.05, 3.63) is 58.3 Å². The van der Waals surface area contributed by atoms with Crippen molar-refractivity contribution in [1.29, 1.82) is 0 Å². The maximum absolute atomic E-state index is 13.2. The number of carbonyl (C=O) groups is 1. The summed E-state index contributed by atoms with van der Waals surface area (Å²) in [4.78, 5) is 17.9. The minimum Gasteiger partial charge on any atom is -0.493 e. The molecule has 0 bridgehead atoms. The first-order valence-corrected chi connectivity index (χ1v) is 11.6. The van der Waals surface area contributed by atoms with Crippen molar-refractivity contribution in [2.24, 2.45) is 0 Å². The summed E-state index contributed by atoms with van der Waals surface area (Å²) in [6, 6.07) is 9.59. The largest absolute Gasteiger partial charge is 0.493 e. The number of hydrogen-bond acceptors (Lipinski definition) is 7. The molecule has 1 saturated heterocycles. The smallest absolute Gasteiger partial charge is 0.231 e. The van der Waals surface area contributed by atoms with Gasteiger partial charge in [-0.1, -0.05) is 18.2 Å². The monoisotopic (exact) mass is 450 g/mol. The number of Topliss-reactive ketones (excluding diaryl/α,β-unsaturated/α-hetero) is 1. The number of benzene rings is 2. The Hall–Kier alpha value is -2.87. The van der Waals surface area contributed by atoms with Crippen LogP contribution in [0, 0.1) is 6.92 Å². The van der Waals surface area contributed by atoms with Gasteiger partial charge in [0.05, 0.1) is 25.4 Å². The highest BCUT2D eigenvalue weighted by Crippen LogP contribution is 2.43. The molecule has 0 atom stereocenters. The molecule has 7 nitrogen and oxygen atoms in total. The molecule has 0 N–H and O–H groups in total. The zero-order valence-electron chi connectivity index (χ0n) is 19.3. The SMILES string of the molecule is CCOc1ccccc1/C=C1\Oc2c(cc3c(c2C)OCN(CCN2CCOCC2)C3)C1=O. The number of hydrogen-bond donors (Lipinski definition) is 0. The van der Waals surface area contributed by atoms with Crippen molar-refractivity contribution in [1.82, 2.24) is 9.80 Å². The summed E-state index contributed by atoms with van der Waals surface area (Å²) in [5.41, 5.74) is 3.34. The fourth-order valence-corrected chi connectivity index (χ4v) is 4.58. The van der Waals surface area contributed by atoms with Crippen LogP contribution in [0.15, 0.2) is 36.1 Å². The Balaban J connectivity index is 1.35. The zero-order chi connectivity index (χ0) is 22.8. The first-order chi connectivity index (χ1) is 16.1. The third-order valence-electron chi connectivity index (χ3n) is 6.34. The zero-order valence-corrected chi connectivity index (χ0v) is 19.3. The molecule has 3 heterocycles. The van der Waals surface area contributed by atoms with Crippen molar-refractivity contribution in [3.63, 3.8) is 0 Å². The van der Waals surface area contributed by atoms with E-state index in [0.29, 0.717) is 30.4 Å². The molecule has 0 aliphatic carbocycles. The Morgan fingerprint density at radius 3 is 2.70 bits per heavy atom. The van der Waals surface area contributed by atoms with Crippen LogP contribution < -0.4 is 14.2 Å². The minimum atomic E-state index is -0.104. The summed E-state index contributed by atoms with van der Waals surface area (Å²) in [5.74, 6) is 2.37. The van der Waals surface area contributed by atoms with E-state index >= 15 is 0 Å². The Bertz CT molecular complexity index is 1070. The summed E-state index contributed by atoms with van der Waals surface area (Å²) in [6.45, 7) is 11.2. The van der Waals surface area contributed by atoms with E-state index in [2.05, 4.69) is 9.80 Å². The van der Waals surface area contributed by atoms with Crippen molar-refractivity contribution >= 4 is 11.9 Å². The maximum Gasteiger partial charge on any atom is 0.231 e. The van der Waals surface area contributed by atoms with E-state index in [0.717, 1.165) is 74.1 Å². The summed E-state index contributed by atoms with van der Waals surface area (Å²) < 4.78 is 23.3. The molecule has 3 aliphatic heterocycles. The lowest BCUT2D eigenvalue weighted by atomic mass is 10.00. The van der Waals surface area contributed by atoms with Crippen molar-refractivity contribution < 1.29 is 23.7 Å². The fourth-order valence-electron chi connectivity index (χ4n) is 4.58. The molecule has 7 heteroatoms. The molecule has 0 saturated carbocycles. The lowest BCUT2D eigenvalue weighted by molar-refractivity contribution is 0.0239. The Morgan fingerprint density at radius 1 is 1.09 bits per heavy atom. The van der Waals surface area contributed by atoms with Gasteiger partial charge in [-0.25, -0.2) is 0 Å². The Kier molecular flexibility index (Phi) is 6.35. The topological polar surface area (TPSA) is 60.5 Å². The van der Waals surface area contributed by atoms with Gasteiger partial charge in [0.2, 0.25) is 5.78 Å². The lowest BCUT2D eigenvalue weighted by Crippen LogP contribution is -2.43. The average molecular weight is 451 g/mol. The van der Waals surface area contributed by atoms with Crippen LogP contribution in [0.3, 0.4) is 0 Å². The van der Waals surface area contributed by atoms with E-state index in [1.54, 1.807) is 6.08 Å². The number of rotatable bonds is 6. The highest BCUT2D eigenvalue weighted by atomic mass is 16.5. The van der Waals surface area contributed by atoms with E-state index < -0.39 is 0 Å². The molecule has 3 aliphatic rings. The Morgan fingerprint density at radius 2 is 1.88 bits per heavy atom. The number of para-hydroxylation sites is 1. The first kappa shape index (κ1) is 21.9. The standard InChI is InChI=1S/C26H30N2O5/c1-3-31-22-7-5-4-6-19(22)15-23-24(29)21-14-20-16-28(9-8-27-10-12-30-13-11-27)17-32-25(20)18(2)26(21)33-23/h4-7,14-15H,3,8-13,16-17H2,1-2H3/b23-15-. The molecule has 33 heavy (non-hydrogen) atoms. The number of nitrogens with zero attached hydrogens (tertiary/aromatic N) is 2. The highest BCUT2D eigenvalue weighted by molar-refractivity contribution is 6.15. The molecule has 174 valence electrons. The number of fused-ring (bicyclic) bond motifs is 2. The summed E-state index contributed by atoms with van der Waals surface area (Å²) >= 11 is 0. The van der Waals surface area contributed by atoms with Gasteiger partial charge in [0.25, 0.3) is 0 Å². The van der Waals surface area contributed by atoms with Crippen molar-refractivity contribution in [2.45, 2.75) is 20.4 Å². The van der Waals surface area contributed by atoms with Gasteiger partial charge in [-0.2, -0.15) is 0 Å². The summed E-state index contributed by atoms with van der Waals surface area (Å²) in [5, 5.41) is 0. The molecule has 0 radical (unpaired) electrons. The van der Waals surface area contributed by atoms with Crippen LogP contribution in [0.4, 0.5) is 0 Å². The maximum atomic E-state index is 13.2. The van der Waals surface area contributed by atoms with Crippen LogP contribution in [-0.4, -0.2) is 68.3 Å². The number of morpholine rings is 1. The van der Waals surface area contributed by atoms with Gasteiger partial charge in [0.1, 0.15) is 24.0 Å². The molecule has 0 aromatic heterocycles. The molecular weight excluding hydrogens is 420 g/mol. The van der Waals surface area contributed by atoms with Gasteiger partial charge in [-0.15, -0.1) is 0 Å². The van der Waals surface area contributed by atoms with E-state index in [1.165, 1.54) is 0 Å². The quantitative estimate of drug-likeness (QED) is 0.625. The molecule has 1 fully saturated rings. The summed E-state index contributed by atoms with van der Waals surface area (Å²) in [7, 11) is 0.